The number of likely N-dealkylation sites (N-methyl/N-ethyl adjacent to an activating group) is 1. The van der Waals surface area contributed by atoms with Crippen LogP contribution in [0.15, 0.2) is 42.6 Å². The molecule has 8 nitrogen and oxygen atoms in total. The number of ether oxygens (including phenoxy) is 1. The van der Waals surface area contributed by atoms with Gasteiger partial charge in [0, 0.05) is 49.5 Å². The lowest BCUT2D eigenvalue weighted by molar-refractivity contribution is 0.0788. The van der Waals surface area contributed by atoms with E-state index in [2.05, 4.69) is 29.3 Å². The van der Waals surface area contributed by atoms with Gasteiger partial charge in [-0.25, -0.2) is 4.79 Å². The number of carbonyl (C=O) groups is 2. The molecule has 1 saturated heterocycles. The first kappa shape index (κ1) is 22.4. The van der Waals surface area contributed by atoms with Crippen molar-refractivity contribution in [3.63, 3.8) is 0 Å². The highest BCUT2D eigenvalue weighted by Gasteiger charge is 2.29. The van der Waals surface area contributed by atoms with Crippen LogP contribution in [0.1, 0.15) is 21.8 Å². The number of pyridine rings is 1. The number of aromatic nitrogens is 2. The van der Waals surface area contributed by atoms with Crippen molar-refractivity contribution in [3.8, 4) is 11.5 Å². The summed E-state index contributed by atoms with van der Waals surface area (Å²) in [5.74, 6) is 1.36. The predicted molar refractivity (Wildman–Crippen MR) is 134 cm³/mol. The second kappa shape index (κ2) is 8.73. The number of amides is 2. The Morgan fingerprint density at radius 2 is 2.03 bits per heavy atom. The van der Waals surface area contributed by atoms with Crippen molar-refractivity contribution in [2.45, 2.75) is 19.4 Å². The maximum atomic E-state index is 13.1. The van der Waals surface area contributed by atoms with E-state index in [4.69, 9.17) is 4.74 Å². The Morgan fingerprint density at radius 3 is 2.76 bits per heavy atom. The van der Waals surface area contributed by atoms with E-state index in [0.717, 1.165) is 46.3 Å². The Morgan fingerprint density at radius 1 is 1.21 bits per heavy atom. The van der Waals surface area contributed by atoms with Gasteiger partial charge in [-0.05, 0) is 57.8 Å². The molecule has 9 heteroatoms. The zero-order chi connectivity index (χ0) is 24.0. The summed E-state index contributed by atoms with van der Waals surface area (Å²) in [6, 6.07) is 11.5. The number of hydrogen-bond donors (Lipinski definition) is 1. The van der Waals surface area contributed by atoms with Gasteiger partial charge in [-0.1, -0.05) is 0 Å². The lowest BCUT2D eigenvalue weighted by atomic mass is 10.2. The van der Waals surface area contributed by atoms with Crippen LogP contribution in [0.5, 0.6) is 11.5 Å². The summed E-state index contributed by atoms with van der Waals surface area (Å²) in [6.07, 6.45) is 2.68. The molecule has 34 heavy (non-hydrogen) atoms. The SMILES string of the molecule is CNC(=O)n1c(C)cc2cc(Oc3ccnc4cc(C(=O)N5CC[C@@H](N(C)C)C5)sc34)ccc21. The van der Waals surface area contributed by atoms with Gasteiger partial charge in [-0.3, -0.25) is 14.3 Å². The summed E-state index contributed by atoms with van der Waals surface area (Å²) in [5.41, 5.74) is 2.41. The van der Waals surface area contributed by atoms with Gasteiger partial charge >= 0.3 is 6.03 Å². The van der Waals surface area contributed by atoms with Gasteiger partial charge in [-0.2, -0.15) is 0 Å². The average molecular weight is 478 g/mol. The molecule has 0 unspecified atom stereocenters. The zero-order valence-corrected chi connectivity index (χ0v) is 20.5. The molecule has 1 atom stereocenters. The summed E-state index contributed by atoms with van der Waals surface area (Å²) >= 11 is 1.42. The fourth-order valence-corrected chi connectivity index (χ4v) is 5.54. The van der Waals surface area contributed by atoms with Crippen molar-refractivity contribution in [1.29, 1.82) is 0 Å². The van der Waals surface area contributed by atoms with Crippen LogP contribution in [0.3, 0.4) is 0 Å². The standard InChI is InChI=1S/C25H27N5O3S/c1-15-11-16-12-18(5-6-20(16)30(15)25(32)26-2)33-21-7-9-27-19-13-22(34-23(19)21)24(31)29-10-8-17(14-29)28(3)4/h5-7,9,11-13,17H,8,10,14H2,1-4H3,(H,26,32)/t17-/m1/s1. The molecular formula is C25H27N5O3S. The number of fused-ring (bicyclic) bond motifs is 2. The molecule has 0 bridgehead atoms. The molecule has 1 N–H and O–H groups in total. The topological polar surface area (TPSA) is 79.7 Å². The van der Waals surface area contributed by atoms with E-state index in [1.54, 1.807) is 17.8 Å². The first-order chi connectivity index (χ1) is 16.4. The number of nitrogens with one attached hydrogen (secondary N) is 1. The summed E-state index contributed by atoms with van der Waals surface area (Å²) in [6.45, 7) is 3.40. The number of likely N-dealkylation sites (tertiary alicyclic amines) is 1. The third-order valence-electron chi connectivity index (χ3n) is 6.37. The van der Waals surface area contributed by atoms with Crippen LogP contribution in [0.25, 0.3) is 21.1 Å². The Balaban J connectivity index is 1.42. The first-order valence-corrected chi connectivity index (χ1v) is 12.0. The Labute approximate surface area is 201 Å². The van der Waals surface area contributed by atoms with Gasteiger partial charge in [0.05, 0.1) is 20.6 Å². The summed E-state index contributed by atoms with van der Waals surface area (Å²) in [4.78, 5) is 34.6. The summed E-state index contributed by atoms with van der Waals surface area (Å²) < 4.78 is 8.71. The van der Waals surface area contributed by atoms with Crippen LogP contribution in [-0.2, 0) is 0 Å². The van der Waals surface area contributed by atoms with E-state index >= 15 is 0 Å². The third kappa shape index (κ3) is 3.91. The highest BCUT2D eigenvalue weighted by molar-refractivity contribution is 7.21. The Kier molecular flexibility index (Phi) is 5.75. The largest absolute Gasteiger partial charge is 0.456 e. The highest BCUT2D eigenvalue weighted by atomic mass is 32.1. The fraction of sp³-hybridized carbons (Fsp3) is 0.320. The lowest BCUT2D eigenvalue weighted by Crippen LogP contribution is -2.34. The fourth-order valence-electron chi connectivity index (χ4n) is 4.51. The average Bonchev–Trinajstić information content (AvgIpc) is 3.54. The van der Waals surface area contributed by atoms with Gasteiger partial charge in [-0.15, -0.1) is 11.3 Å². The van der Waals surface area contributed by atoms with Crippen LogP contribution < -0.4 is 10.1 Å². The molecule has 3 aromatic heterocycles. The zero-order valence-electron chi connectivity index (χ0n) is 19.7. The minimum absolute atomic E-state index is 0.0470. The molecule has 1 aromatic carbocycles. The molecule has 0 aliphatic carbocycles. The summed E-state index contributed by atoms with van der Waals surface area (Å²) in [7, 11) is 5.72. The molecule has 0 spiro atoms. The Bertz CT molecular complexity index is 1410. The number of thiophene rings is 1. The van der Waals surface area contributed by atoms with Gasteiger partial charge < -0.3 is 19.9 Å². The van der Waals surface area contributed by atoms with Crippen LogP contribution in [0, 0.1) is 6.92 Å². The van der Waals surface area contributed by atoms with Crippen LogP contribution in [0.4, 0.5) is 4.79 Å². The molecule has 4 aromatic rings. The monoisotopic (exact) mass is 477 g/mol. The molecule has 176 valence electrons. The van der Waals surface area contributed by atoms with Crippen molar-refractivity contribution in [2.75, 3.05) is 34.2 Å². The van der Waals surface area contributed by atoms with Gasteiger partial charge in [0.25, 0.3) is 5.91 Å². The lowest BCUT2D eigenvalue weighted by Gasteiger charge is -2.19. The molecule has 1 aliphatic rings. The van der Waals surface area contributed by atoms with E-state index < -0.39 is 0 Å². The van der Waals surface area contributed by atoms with E-state index in [1.807, 2.05) is 48.2 Å². The van der Waals surface area contributed by atoms with Gasteiger partial charge in [0.2, 0.25) is 0 Å². The maximum Gasteiger partial charge on any atom is 0.325 e. The molecule has 1 aliphatic heterocycles. The molecule has 0 radical (unpaired) electrons. The van der Waals surface area contributed by atoms with Gasteiger partial charge in [0.1, 0.15) is 11.5 Å². The number of hydrogen-bond acceptors (Lipinski definition) is 6. The summed E-state index contributed by atoms with van der Waals surface area (Å²) in [5, 5.41) is 3.58. The number of carbonyl (C=O) groups excluding carboxylic acids is 2. The third-order valence-corrected chi connectivity index (χ3v) is 7.50. The van der Waals surface area contributed by atoms with Crippen LogP contribution in [-0.4, -0.2) is 71.6 Å². The van der Waals surface area contributed by atoms with E-state index in [1.165, 1.54) is 11.3 Å². The van der Waals surface area contributed by atoms with Crippen LogP contribution >= 0.6 is 11.3 Å². The van der Waals surface area contributed by atoms with Gasteiger partial charge in [0.15, 0.2) is 0 Å². The van der Waals surface area contributed by atoms with Crippen molar-refractivity contribution >= 4 is 44.4 Å². The second-order valence-corrected chi connectivity index (χ2v) is 9.84. The van der Waals surface area contributed by atoms with Crippen molar-refractivity contribution < 1.29 is 14.3 Å². The number of aryl methyl sites for hydroxylation is 1. The van der Waals surface area contributed by atoms with Crippen molar-refractivity contribution in [1.82, 2.24) is 24.7 Å². The number of benzene rings is 1. The predicted octanol–water partition coefficient (Wildman–Crippen LogP) is 4.32. The van der Waals surface area contributed by atoms with E-state index in [0.29, 0.717) is 22.4 Å². The molecule has 0 saturated carbocycles. The van der Waals surface area contributed by atoms with Crippen molar-refractivity contribution in [3.05, 3.63) is 53.2 Å². The molecule has 5 rings (SSSR count). The van der Waals surface area contributed by atoms with Crippen molar-refractivity contribution in [2.24, 2.45) is 0 Å². The quantitative estimate of drug-likeness (QED) is 0.474. The second-order valence-electron chi connectivity index (χ2n) is 8.79. The molecule has 1 fully saturated rings. The number of nitrogens with zero attached hydrogens (tertiary/aromatic N) is 4. The minimum Gasteiger partial charge on any atom is -0.456 e. The van der Waals surface area contributed by atoms with Crippen LogP contribution in [0.2, 0.25) is 0 Å². The normalized spacial score (nSPS) is 16.0. The Hall–Kier alpha value is -3.43. The molecule has 2 amide bonds. The smallest absolute Gasteiger partial charge is 0.325 e. The molecular weight excluding hydrogens is 450 g/mol. The minimum atomic E-state index is -0.178. The van der Waals surface area contributed by atoms with E-state index in [9.17, 15) is 9.59 Å². The first-order valence-electron chi connectivity index (χ1n) is 11.2. The highest BCUT2D eigenvalue weighted by Crippen LogP contribution is 2.36. The maximum absolute atomic E-state index is 13.1. The van der Waals surface area contributed by atoms with E-state index in [-0.39, 0.29) is 11.9 Å². The molecule has 4 heterocycles. The number of rotatable bonds is 4.